The van der Waals surface area contributed by atoms with Crippen LogP contribution in [0.15, 0.2) is 30.3 Å². The molecule has 0 radical (unpaired) electrons. The van der Waals surface area contributed by atoms with E-state index in [1.165, 1.54) is 0 Å². The summed E-state index contributed by atoms with van der Waals surface area (Å²) >= 11 is 0. The average Bonchev–Trinajstić information content (AvgIpc) is 2.55. The minimum absolute atomic E-state index is 0.125. The van der Waals surface area contributed by atoms with Crippen molar-refractivity contribution in [1.82, 2.24) is 4.31 Å². The van der Waals surface area contributed by atoms with Gasteiger partial charge in [-0.1, -0.05) is 44.2 Å². The zero-order valence-electron chi connectivity index (χ0n) is 10.3. The van der Waals surface area contributed by atoms with Gasteiger partial charge in [0.1, 0.15) is 0 Å². The molecule has 0 N–H and O–H groups in total. The first-order chi connectivity index (χ1) is 7.99. The van der Waals surface area contributed by atoms with Crippen molar-refractivity contribution >= 4 is 10.0 Å². The molecule has 1 aromatic rings. The first-order valence-electron chi connectivity index (χ1n) is 6.02. The van der Waals surface area contributed by atoms with Crippen LogP contribution in [0.2, 0.25) is 0 Å². The average molecular weight is 253 g/mol. The van der Waals surface area contributed by atoms with Crippen LogP contribution in [0.25, 0.3) is 0 Å². The molecule has 4 heteroatoms. The Labute approximate surface area is 104 Å². The van der Waals surface area contributed by atoms with Gasteiger partial charge < -0.3 is 0 Å². The molecular weight excluding hydrogens is 234 g/mol. The monoisotopic (exact) mass is 253 g/mol. The second-order valence-electron chi connectivity index (χ2n) is 5.10. The fourth-order valence-electron chi connectivity index (χ4n) is 2.29. The summed E-state index contributed by atoms with van der Waals surface area (Å²) in [5, 5.41) is 0. The topological polar surface area (TPSA) is 37.4 Å². The highest BCUT2D eigenvalue weighted by atomic mass is 32.2. The molecule has 0 aliphatic carbocycles. The lowest BCUT2D eigenvalue weighted by Crippen LogP contribution is -2.29. The molecule has 0 amide bonds. The SMILES string of the molecule is CC(C)CN1CC(c2ccccc2)CS1(=O)=O. The Morgan fingerprint density at radius 1 is 1.29 bits per heavy atom. The van der Waals surface area contributed by atoms with Crippen LogP contribution in [0, 0.1) is 5.92 Å². The zero-order chi connectivity index (χ0) is 12.5. The highest BCUT2D eigenvalue weighted by Crippen LogP contribution is 2.28. The quantitative estimate of drug-likeness (QED) is 0.827. The molecule has 0 saturated carbocycles. The van der Waals surface area contributed by atoms with Gasteiger partial charge in [-0.25, -0.2) is 12.7 Å². The molecule has 1 aliphatic heterocycles. The summed E-state index contributed by atoms with van der Waals surface area (Å²) in [5.74, 6) is 0.753. The molecule has 0 aromatic heterocycles. The van der Waals surface area contributed by atoms with Gasteiger partial charge in [-0.3, -0.25) is 0 Å². The molecule has 1 aromatic carbocycles. The van der Waals surface area contributed by atoms with Crippen molar-refractivity contribution in [1.29, 1.82) is 0 Å². The molecule has 94 valence electrons. The number of hydrogen-bond donors (Lipinski definition) is 0. The Balaban J connectivity index is 2.16. The van der Waals surface area contributed by atoms with Gasteiger partial charge >= 0.3 is 0 Å². The van der Waals surface area contributed by atoms with Crippen molar-refractivity contribution in [2.75, 3.05) is 18.8 Å². The maximum atomic E-state index is 12.0. The first-order valence-corrected chi connectivity index (χ1v) is 7.63. The van der Waals surface area contributed by atoms with E-state index in [0.29, 0.717) is 19.0 Å². The van der Waals surface area contributed by atoms with Gasteiger partial charge in [-0.05, 0) is 11.5 Å². The third-order valence-corrected chi connectivity index (χ3v) is 4.98. The van der Waals surface area contributed by atoms with Crippen LogP contribution in [0.4, 0.5) is 0 Å². The fourth-order valence-corrected chi connectivity index (χ4v) is 4.24. The summed E-state index contributed by atoms with van der Waals surface area (Å²) in [6.45, 7) is 5.35. The van der Waals surface area contributed by atoms with Crippen LogP contribution in [-0.2, 0) is 10.0 Å². The summed E-state index contributed by atoms with van der Waals surface area (Å²) < 4.78 is 25.6. The van der Waals surface area contributed by atoms with Crippen molar-refractivity contribution in [3.8, 4) is 0 Å². The number of nitrogens with zero attached hydrogens (tertiary/aromatic N) is 1. The summed E-state index contributed by atoms with van der Waals surface area (Å²) in [4.78, 5) is 0. The predicted octanol–water partition coefficient (Wildman–Crippen LogP) is 2.07. The van der Waals surface area contributed by atoms with E-state index in [0.717, 1.165) is 5.56 Å². The van der Waals surface area contributed by atoms with E-state index in [4.69, 9.17) is 0 Å². The molecule has 1 saturated heterocycles. The highest BCUT2D eigenvalue weighted by molar-refractivity contribution is 7.89. The third-order valence-electron chi connectivity index (χ3n) is 3.07. The van der Waals surface area contributed by atoms with Crippen LogP contribution < -0.4 is 0 Å². The van der Waals surface area contributed by atoms with Crippen molar-refractivity contribution in [2.24, 2.45) is 5.92 Å². The lowest BCUT2D eigenvalue weighted by Gasteiger charge is -2.16. The Morgan fingerprint density at radius 2 is 1.94 bits per heavy atom. The minimum atomic E-state index is -3.05. The minimum Gasteiger partial charge on any atom is -0.212 e. The van der Waals surface area contributed by atoms with Gasteiger partial charge in [0.2, 0.25) is 10.0 Å². The Kier molecular flexibility index (Phi) is 3.54. The maximum absolute atomic E-state index is 12.0. The van der Waals surface area contributed by atoms with E-state index in [1.54, 1.807) is 4.31 Å². The second-order valence-corrected chi connectivity index (χ2v) is 7.11. The number of benzene rings is 1. The molecule has 1 fully saturated rings. The summed E-state index contributed by atoms with van der Waals surface area (Å²) in [6.07, 6.45) is 0. The summed E-state index contributed by atoms with van der Waals surface area (Å²) in [6, 6.07) is 9.91. The third kappa shape index (κ3) is 2.87. The van der Waals surface area contributed by atoms with Gasteiger partial charge in [-0.15, -0.1) is 0 Å². The molecule has 17 heavy (non-hydrogen) atoms. The Hall–Kier alpha value is -0.870. The number of rotatable bonds is 3. The smallest absolute Gasteiger partial charge is 0.212 e. The van der Waals surface area contributed by atoms with Gasteiger partial charge in [0.25, 0.3) is 0 Å². The van der Waals surface area contributed by atoms with Crippen LogP contribution in [0.1, 0.15) is 25.3 Å². The van der Waals surface area contributed by atoms with Crippen molar-refractivity contribution < 1.29 is 8.42 Å². The van der Waals surface area contributed by atoms with E-state index < -0.39 is 10.0 Å². The predicted molar refractivity (Wildman–Crippen MR) is 69.4 cm³/mol. The largest absolute Gasteiger partial charge is 0.214 e. The molecular formula is C13H19NO2S. The zero-order valence-corrected chi connectivity index (χ0v) is 11.2. The van der Waals surface area contributed by atoms with E-state index in [-0.39, 0.29) is 11.7 Å². The molecule has 1 atom stereocenters. The number of hydrogen-bond acceptors (Lipinski definition) is 2. The molecule has 0 spiro atoms. The molecule has 3 nitrogen and oxygen atoms in total. The standard InChI is InChI=1S/C13H19NO2S/c1-11(2)8-14-9-13(10-17(14,15)16)12-6-4-3-5-7-12/h3-7,11,13H,8-10H2,1-2H3. The van der Waals surface area contributed by atoms with Crippen LogP contribution in [0.5, 0.6) is 0 Å². The van der Waals surface area contributed by atoms with E-state index >= 15 is 0 Å². The molecule has 2 rings (SSSR count). The maximum Gasteiger partial charge on any atom is 0.214 e. The van der Waals surface area contributed by atoms with Crippen LogP contribution in [-0.4, -0.2) is 31.6 Å². The normalized spacial score (nSPS) is 24.3. The van der Waals surface area contributed by atoms with Crippen molar-refractivity contribution in [3.05, 3.63) is 35.9 Å². The molecule has 1 aliphatic rings. The summed E-state index contributed by atoms with van der Waals surface area (Å²) in [5.41, 5.74) is 1.13. The van der Waals surface area contributed by atoms with Gasteiger partial charge in [-0.2, -0.15) is 0 Å². The van der Waals surface area contributed by atoms with Crippen molar-refractivity contribution in [3.63, 3.8) is 0 Å². The molecule has 1 heterocycles. The Bertz CT molecular complexity index is 467. The van der Waals surface area contributed by atoms with Gasteiger partial charge in [0, 0.05) is 19.0 Å². The fraction of sp³-hybridized carbons (Fsp3) is 0.538. The molecule has 0 bridgehead atoms. The van der Waals surface area contributed by atoms with E-state index in [1.807, 2.05) is 44.2 Å². The highest BCUT2D eigenvalue weighted by Gasteiger charge is 2.36. The van der Waals surface area contributed by atoms with E-state index in [9.17, 15) is 8.42 Å². The van der Waals surface area contributed by atoms with Crippen molar-refractivity contribution in [2.45, 2.75) is 19.8 Å². The van der Waals surface area contributed by atoms with Crippen LogP contribution in [0.3, 0.4) is 0 Å². The first kappa shape index (κ1) is 12.6. The van der Waals surface area contributed by atoms with Gasteiger partial charge in [0.05, 0.1) is 5.75 Å². The lowest BCUT2D eigenvalue weighted by molar-refractivity contribution is 0.382. The van der Waals surface area contributed by atoms with Gasteiger partial charge in [0.15, 0.2) is 0 Å². The summed E-state index contributed by atoms with van der Waals surface area (Å²) in [7, 11) is -3.05. The van der Waals surface area contributed by atoms with E-state index in [2.05, 4.69) is 0 Å². The second kappa shape index (κ2) is 4.78. The van der Waals surface area contributed by atoms with Crippen LogP contribution >= 0.6 is 0 Å². The Morgan fingerprint density at radius 3 is 2.53 bits per heavy atom. The molecule has 1 unspecified atom stereocenters. The number of sulfonamides is 1. The lowest BCUT2D eigenvalue weighted by atomic mass is 10.0.